The molecule has 0 saturated carbocycles. The van der Waals surface area contributed by atoms with Crippen molar-refractivity contribution in [1.82, 2.24) is 13.9 Å². The van der Waals surface area contributed by atoms with E-state index in [1.54, 1.807) is 11.5 Å². The molecule has 1 aromatic rings. The van der Waals surface area contributed by atoms with Crippen LogP contribution < -0.4 is 0 Å². The van der Waals surface area contributed by atoms with Crippen molar-refractivity contribution in [2.45, 2.75) is 38.4 Å². The molecule has 1 rings (SSSR count). The summed E-state index contributed by atoms with van der Waals surface area (Å²) in [5, 5.41) is 8.71. The minimum absolute atomic E-state index is 0.127. The number of imidazole rings is 1. The summed E-state index contributed by atoms with van der Waals surface area (Å²) < 4.78 is 26.8. The Hall–Kier alpha value is -1.41. The zero-order chi connectivity index (χ0) is 14.1. The van der Waals surface area contributed by atoms with Gasteiger partial charge in [-0.1, -0.05) is 0 Å². The number of rotatable bonds is 5. The van der Waals surface area contributed by atoms with Gasteiger partial charge in [-0.3, -0.25) is 4.79 Å². The largest absolute Gasteiger partial charge is 0.480 e. The lowest BCUT2D eigenvalue weighted by Crippen LogP contribution is -2.40. The third-order valence-electron chi connectivity index (χ3n) is 2.84. The van der Waals surface area contributed by atoms with Crippen LogP contribution in [-0.4, -0.2) is 46.4 Å². The monoisotopic (exact) mass is 275 g/mol. The predicted molar refractivity (Wildman–Crippen MR) is 64.7 cm³/mol. The van der Waals surface area contributed by atoms with Gasteiger partial charge in [-0.25, -0.2) is 13.4 Å². The number of carboxylic acid groups (broad SMARTS) is 1. The van der Waals surface area contributed by atoms with Gasteiger partial charge in [0.15, 0.2) is 5.03 Å². The fourth-order valence-corrected chi connectivity index (χ4v) is 2.74. The van der Waals surface area contributed by atoms with Crippen LogP contribution >= 0.6 is 0 Å². The number of aromatic nitrogens is 2. The fourth-order valence-electron chi connectivity index (χ4n) is 1.43. The number of nitrogens with zero attached hydrogens (tertiary/aromatic N) is 3. The highest BCUT2D eigenvalue weighted by Gasteiger charge is 2.31. The van der Waals surface area contributed by atoms with Crippen LogP contribution in [0.3, 0.4) is 0 Å². The molecular weight excluding hydrogens is 258 g/mol. The Morgan fingerprint density at radius 1 is 1.61 bits per heavy atom. The number of aryl methyl sites for hydroxylation is 2. The number of likely N-dealkylation sites (N-methyl/N-ethyl adjacent to an activating group) is 1. The molecule has 0 fully saturated rings. The van der Waals surface area contributed by atoms with Crippen molar-refractivity contribution in [3.05, 3.63) is 12.0 Å². The zero-order valence-electron chi connectivity index (χ0n) is 10.8. The molecule has 18 heavy (non-hydrogen) atoms. The average Bonchev–Trinajstić information content (AvgIpc) is 2.68. The first-order valence-electron chi connectivity index (χ1n) is 5.46. The van der Waals surface area contributed by atoms with E-state index in [1.165, 1.54) is 20.2 Å². The molecule has 0 amide bonds. The topological polar surface area (TPSA) is 92.5 Å². The van der Waals surface area contributed by atoms with Gasteiger partial charge in [0.2, 0.25) is 0 Å². The van der Waals surface area contributed by atoms with Crippen molar-refractivity contribution in [3.8, 4) is 0 Å². The summed E-state index contributed by atoms with van der Waals surface area (Å²) in [6.45, 7) is 5.48. The molecule has 0 aromatic carbocycles. The molecule has 0 aliphatic carbocycles. The Balaban J connectivity index is 3.17. The lowest BCUT2D eigenvalue weighted by atomic mass is 10.4. The van der Waals surface area contributed by atoms with Crippen molar-refractivity contribution in [3.63, 3.8) is 0 Å². The van der Waals surface area contributed by atoms with Crippen molar-refractivity contribution in [2.75, 3.05) is 7.05 Å². The van der Waals surface area contributed by atoms with Crippen LogP contribution in [0.5, 0.6) is 0 Å². The van der Waals surface area contributed by atoms with Crippen LogP contribution in [0.1, 0.15) is 19.7 Å². The molecule has 1 atom stereocenters. The Bertz CT molecular complexity index is 549. The van der Waals surface area contributed by atoms with E-state index < -0.39 is 22.0 Å². The molecule has 7 nitrogen and oxygen atoms in total. The van der Waals surface area contributed by atoms with Crippen LogP contribution in [0, 0.1) is 6.92 Å². The highest BCUT2D eigenvalue weighted by atomic mass is 32.2. The molecule has 1 unspecified atom stereocenters. The summed E-state index contributed by atoms with van der Waals surface area (Å²) in [5.41, 5.74) is 0. The van der Waals surface area contributed by atoms with Crippen LogP contribution in [0.15, 0.2) is 11.2 Å². The molecule has 1 N–H and O–H groups in total. The van der Waals surface area contributed by atoms with Gasteiger partial charge in [0.1, 0.15) is 11.9 Å². The van der Waals surface area contributed by atoms with Crippen molar-refractivity contribution in [1.29, 1.82) is 0 Å². The van der Waals surface area contributed by atoms with E-state index >= 15 is 0 Å². The first kappa shape index (κ1) is 14.7. The van der Waals surface area contributed by atoms with E-state index in [-0.39, 0.29) is 5.03 Å². The van der Waals surface area contributed by atoms with E-state index in [4.69, 9.17) is 5.11 Å². The Morgan fingerprint density at radius 2 is 2.17 bits per heavy atom. The highest BCUT2D eigenvalue weighted by Crippen LogP contribution is 2.16. The third-order valence-corrected chi connectivity index (χ3v) is 4.64. The molecule has 0 aliphatic heterocycles. The van der Waals surface area contributed by atoms with Crippen LogP contribution in [0.2, 0.25) is 0 Å². The standard InChI is InChI=1S/C10H17N3O4S/c1-5-13-6-9(11-8(13)3)18(16,17)12(4)7(2)10(14)15/h6-7H,5H2,1-4H3,(H,14,15). The smallest absolute Gasteiger partial charge is 0.321 e. The number of sulfonamides is 1. The molecular formula is C10H17N3O4S. The number of aliphatic carboxylic acids is 1. The van der Waals surface area contributed by atoms with Gasteiger partial charge in [0.05, 0.1) is 0 Å². The van der Waals surface area contributed by atoms with E-state index in [1.807, 2.05) is 6.92 Å². The summed E-state index contributed by atoms with van der Waals surface area (Å²) in [4.78, 5) is 14.8. The van der Waals surface area contributed by atoms with Crippen molar-refractivity contribution >= 4 is 16.0 Å². The second kappa shape index (κ2) is 5.07. The second-order valence-electron chi connectivity index (χ2n) is 3.95. The molecule has 8 heteroatoms. The predicted octanol–water partition coefficient (Wildman–Crippen LogP) is 0.305. The van der Waals surface area contributed by atoms with Crippen LogP contribution in [-0.2, 0) is 21.4 Å². The van der Waals surface area contributed by atoms with E-state index in [2.05, 4.69) is 4.98 Å². The molecule has 0 radical (unpaired) electrons. The van der Waals surface area contributed by atoms with Crippen LogP contribution in [0.25, 0.3) is 0 Å². The van der Waals surface area contributed by atoms with E-state index in [0.29, 0.717) is 12.4 Å². The summed E-state index contributed by atoms with van der Waals surface area (Å²) in [7, 11) is -2.64. The van der Waals surface area contributed by atoms with Crippen molar-refractivity contribution < 1.29 is 18.3 Å². The average molecular weight is 275 g/mol. The molecule has 0 aliphatic rings. The number of carbonyl (C=O) groups is 1. The Labute approximate surface area is 106 Å². The number of hydrogen-bond donors (Lipinski definition) is 1. The highest BCUT2D eigenvalue weighted by molar-refractivity contribution is 7.89. The van der Waals surface area contributed by atoms with Crippen molar-refractivity contribution in [2.24, 2.45) is 0 Å². The second-order valence-corrected chi connectivity index (χ2v) is 5.89. The number of hydrogen-bond acceptors (Lipinski definition) is 4. The van der Waals surface area contributed by atoms with E-state index in [0.717, 1.165) is 4.31 Å². The zero-order valence-corrected chi connectivity index (χ0v) is 11.6. The van der Waals surface area contributed by atoms with Gasteiger partial charge in [-0.2, -0.15) is 4.31 Å². The number of carboxylic acids is 1. The summed E-state index contributed by atoms with van der Waals surface area (Å²) in [6.07, 6.45) is 1.41. The summed E-state index contributed by atoms with van der Waals surface area (Å²) in [5.74, 6) is -0.625. The quantitative estimate of drug-likeness (QED) is 0.834. The molecule has 0 bridgehead atoms. The van der Waals surface area contributed by atoms with Gasteiger partial charge in [-0.05, 0) is 20.8 Å². The minimum Gasteiger partial charge on any atom is -0.480 e. The van der Waals surface area contributed by atoms with Gasteiger partial charge >= 0.3 is 5.97 Å². The molecule has 1 aromatic heterocycles. The minimum atomic E-state index is -3.87. The molecule has 1 heterocycles. The Kier molecular flexibility index (Phi) is 4.12. The first-order chi connectivity index (χ1) is 8.21. The summed E-state index contributed by atoms with van der Waals surface area (Å²) in [6, 6.07) is -1.14. The lowest BCUT2D eigenvalue weighted by Gasteiger charge is -2.19. The molecule has 102 valence electrons. The lowest BCUT2D eigenvalue weighted by molar-refractivity contribution is -0.140. The maximum absolute atomic E-state index is 12.1. The van der Waals surface area contributed by atoms with Gasteiger partial charge in [-0.15, -0.1) is 0 Å². The van der Waals surface area contributed by atoms with Gasteiger partial charge in [0.25, 0.3) is 10.0 Å². The third kappa shape index (κ3) is 2.54. The van der Waals surface area contributed by atoms with Crippen LogP contribution in [0.4, 0.5) is 0 Å². The normalized spacial score (nSPS) is 13.8. The Morgan fingerprint density at radius 3 is 2.56 bits per heavy atom. The fraction of sp³-hybridized carbons (Fsp3) is 0.600. The van der Waals surface area contributed by atoms with Gasteiger partial charge < -0.3 is 9.67 Å². The first-order valence-corrected chi connectivity index (χ1v) is 6.90. The van der Waals surface area contributed by atoms with E-state index in [9.17, 15) is 13.2 Å². The molecule has 0 spiro atoms. The molecule has 0 saturated heterocycles. The maximum atomic E-state index is 12.1. The maximum Gasteiger partial charge on any atom is 0.321 e. The SMILES string of the molecule is CCn1cc(S(=O)(=O)N(C)C(C)C(=O)O)nc1C. The summed E-state index contributed by atoms with van der Waals surface area (Å²) >= 11 is 0. The van der Waals surface area contributed by atoms with Gasteiger partial charge in [0, 0.05) is 19.8 Å².